The largest absolute Gasteiger partial charge is 0.416 e. The van der Waals surface area contributed by atoms with E-state index in [1.165, 1.54) is 17.1 Å². The Balaban J connectivity index is 1.99. The number of hydrogen-bond donors (Lipinski definition) is 1. The molecule has 0 radical (unpaired) electrons. The van der Waals surface area contributed by atoms with E-state index < -0.39 is 21.8 Å². The molecule has 0 atom stereocenters. The molecule has 10 heteroatoms. The number of nitrogens with zero attached hydrogens (tertiary/aromatic N) is 3. The number of rotatable bonds is 6. The number of hydrogen-bond acceptors (Lipinski definition) is 4. The molecule has 23 heavy (non-hydrogen) atoms. The predicted octanol–water partition coefficient (Wildman–Crippen LogP) is 1.84. The normalized spacial score (nSPS) is 12.5. The van der Waals surface area contributed by atoms with Gasteiger partial charge in [0.2, 0.25) is 10.0 Å². The topological polar surface area (TPSA) is 76.9 Å². The summed E-state index contributed by atoms with van der Waals surface area (Å²) in [5.74, 6) is 0. The number of pyridine rings is 1. The Kier molecular flexibility index (Phi) is 5.05. The molecule has 0 aromatic carbocycles. The van der Waals surface area contributed by atoms with Crippen LogP contribution in [-0.4, -0.2) is 29.7 Å². The summed E-state index contributed by atoms with van der Waals surface area (Å²) >= 11 is 0. The molecule has 2 aromatic rings. The second kappa shape index (κ2) is 6.67. The molecule has 0 unspecified atom stereocenters. The Labute approximate surface area is 131 Å². The summed E-state index contributed by atoms with van der Waals surface area (Å²) in [5, 5.41) is 3.87. The summed E-state index contributed by atoms with van der Waals surface area (Å²) in [5.41, 5.74) is -0.652. The minimum Gasteiger partial charge on any atom is -0.272 e. The molecule has 1 N–H and O–H groups in total. The van der Waals surface area contributed by atoms with Gasteiger partial charge in [-0.3, -0.25) is 9.67 Å². The Morgan fingerprint density at radius 3 is 2.70 bits per heavy atom. The average molecular weight is 348 g/mol. The summed E-state index contributed by atoms with van der Waals surface area (Å²) < 4.78 is 65.6. The molecule has 0 spiro atoms. The second-order valence-corrected chi connectivity index (χ2v) is 6.48. The van der Waals surface area contributed by atoms with E-state index >= 15 is 0 Å². The van der Waals surface area contributed by atoms with Crippen molar-refractivity contribution < 1.29 is 21.6 Å². The van der Waals surface area contributed by atoms with Gasteiger partial charge in [-0.1, -0.05) is 0 Å². The van der Waals surface area contributed by atoms with Gasteiger partial charge in [0.25, 0.3) is 0 Å². The highest BCUT2D eigenvalue weighted by Crippen LogP contribution is 2.29. The molecule has 0 aliphatic carbocycles. The smallest absolute Gasteiger partial charge is 0.272 e. The first-order valence-electron chi connectivity index (χ1n) is 6.76. The lowest BCUT2D eigenvalue weighted by molar-refractivity contribution is -0.137. The Bertz CT molecular complexity index is 772. The molecule has 0 amide bonds. The SMILES string of the molecule is CCn1cc(S(=O)(=O)NCCc2cc(C(F)(F)F)ccn2)cn1. The molecular weight excluding hydrogens is 333 g/mol. The first kappa shape index (κ1) is 17.4. The maximum absolute atomic E-state index is 12.6. The van der Waals surface area contributed by atoms with Crippen molar-refractivity contribution >= 4 is 10.0 Å². The van der Waals surface area contributed by atoms with Crippen molar-refractivity contribution in [3.05, 3.63) is 42.0 Å². The number of halogens is 3. The quantitative estimate of drug-likeness (QED) is 0.864. The van der Waals surface area contributed by atoms with Crippen molar-refractivity contribution in [2.75, 3.05) is 6.54 Å². The molecule has 6 nitrogen and oxygen atoms in total. The summed E-state index contributed by atoms with van der Waals surface area (Å²) in [4.78, 5) is 3.82. The lowest BCUT2D eigenvalue weighted by Gasteiger charge is -2.08. The van der Waals surface area contributed by atoms with Crippen LogP contribution in [0.15, 0.2) is 35.6 Å². The number of sulfonamides is 1. The van der Waals surface area contributed by atoms with Gasteiger partial charge < -0.3 is 0 Å². The summed E-state index contributed by atoms with van der Waals surface area (Å²) in [6.45, 7) is 2.29. The molecule has 0 fully saturated rings. The van der Waals surface area contributed by atoms with Crippen LogP contribution >= 0.6 is 0 Å². The minimum atomic E-state index is -4.45. The van der Waals surface area contributed by atoms with E-state index in [4.69, 9.17) is 0 Å². The summed E-state index contributed by atoms with van der Waals surface area (Å²) in [7, 11) is -3.74. The zero-order chi connectivity index (χ0) is 17.1. The molecule has 0 saturated carbocycles. The van der Waals surface area contributed by atoms with E-state index in [1.54, 1.807) is 0 Å². The van der Waals surface area contributed by atoms with E-state index in [2.05, 4.69) is 14.8 Å². The fraction of sp³-hybridized carbons (Fsp3) is 0.385. The third-order valence-corrected chi connectivity index (χ3v) is 4.48. The van der Waals surface area contributed by atoms with Crippen molar-refractivity contribution in [3.63, 3.8) is 0 Å². The lowest BCUT2D eigenvalue weighted by Crippen LogP contribution is -2.26. The van der Waals surface area contributed by atoms with Crippen molar-refractivity contribution in [1.82, 2.24) is 19.5 Å². The van der Waals surface area contributed by atoms with Gasteiger partial charge in [-0.05, 0) is 19.1 Å². The number of nitrogens with one attached hydrogen (secondary N) is 1. The standard InChI is InChI=1S/C13H15F3N4O2S/c1-2-20-9-12(8-18-20)23(21,22)19-6-4-11-7-10(3-5-17-11)13(14,15)16/h3,5,7-9,19H,2,4,6H2,1H3. The average Bonchev–Trinajstić information content (AvgIpc) is 2.96. The summed E-state index contributed by atoms with van der Waals surface area (Å²) in [6.07, 6.45) is -0.756. The van der Waals surface area contributed by atoms with E-state index in [0.29, 0.717) is 6.54 Å². The minimum absolute atomic E-state index is 0.0105. The van der Waals surface area contributed by atoms with E-state index in [1.807, 2.05) is 6.92 Å². The van der Waals surface area contributed by atoms with Crippen molar-refractivity contribution in [3.8, 4) is 0 Å². The third kappa shape index (κ3) is 4.52. The van der Waals surface area contributed by atoms with Crippen LogP contribution in [0.25, 0.3) is 0 Å². The van der Waals surface area contributed by atoms with Gasteiger partial charge in [0.05, 0.1) is 11.8 Å². The van der Waals surface area contributed by atoms with Crippen molar-refractivity contribution in [1.29, 1.82) is 0 Å². The zero-order valence-electron chi connectivity index (χ0n) is 12.2. The van der Waals surface area contributed by atoms with Crippen LogP contribution in [0.4, 0.5) is 13.2 Å². The third-order valence-electron chi connectivity index (χ3n) is 3.06. The van der Waals surface area contributed by atoms with Crippen LogP contribution in [0.2, 0.25) is 0 Å². The number of alkyl halides is 3. The highest BCUT2D eigenvalue weighted by Gasteiger charge is 2.30. The van der Waals surface area contributed by atoms with Crippen molar-refractivity contribution in [2.24, 2.45) is 0 Å². The van der Waals surface area contributed by atoms with Crippen LogP contribution in [0.5, 0.6) is 0 Å². The molecule has 2 aromatic heterocycles. The van der Waals surface area contributed by atoms with E-state index in [9.17, 15) is 21.6 Å². The van der Waals surface area contributed by atoms with Gasteiger partial charge in [0.15, 0.2) is 0 Å². The van der Waals surface area contributed by atoms with Crippen LogP contribution in [0.3, 0.4) is 0 Å². The van der Waals surface area contributed by atoms with Crippen LogP contribution in [0.1, 0.15) is 18.2 Å². The Morgan fingerprint density at radius 2 is 2.09 bits per heavy atom. The highest BCUT2D eigenvalue weighted by atomic mass is 32.2. The first-order valence-corrected chi connectivity index (χ1v) is 8.25. The monoisotopic (exact) mass is 348 g/mol. The second-order valence-electron chi connectivity index (χ2n) is 4.71. The lowest BCUT2D eigenvalue weighted by atomic mass is 10.2. The molecule has 2 heterocycles. The van der Waals surface area contributed by atoms with Gasteiger partial charge in [0, 0.05) is 37.6 Å². The molecule has 126 valence electrons. The summed E-state index contributed by atoms with van der Waals surface area (Å²) in [6, 6.07) is 1.77. The van der Waals surface area contributed by atoms with Gasteiger partial charge >= 0.3 is 6.18 Å². The molecule has 2 rings (SSSR count). The molecule has 0 aliphatic rings. The fourth-order valence-electron chi connectivity index (χ4n) is 1.84. The molecule has 0 saturated heterocycles. The zero-order valence-corrected chi connectivity index (χ0v) is 13.0. The molecular formula is C13H15F3N4O2S. The maximum Gasteiger partial charge on any atom is 0.416 e. The Hall–Kier alpha value is -1.94. The molecule has 0 aliphatic heterocycles. The Morgan fingerprint density at radius 1 is 1.35 bits per heavy atom. The van der Waals surface area contributed by atoms with E-state index in [0.717, 1.165) is 18.3 Å². The van der Waals surface area contributed by atoms with Gasteiger partial charge in [0.1, 0.15) is 4.90 Å². The first-order chi connectivity index (χ1) is 10.7. The van der Waals surface area contributed by atoms with Crippen LogP contribution in [0, 0.1) is 0 Å². The predicted molar refractivity (Wildman–Crippen MR) is 76.0 cm³/mol. The van der Waals surface area contributed by atoms with Gasteiger partial charge in [-0.15, -0.1) is 0 Å². The van der Waals surface area contributed by atoms with Gasteiger partial charge in [-0.25, -0.2) is 13.1 Å². The van der Waals surface area contributed by atoms with Crippen molar-refractivity contribution in [2.45, 2.75) is 31.0 Å². The molecule has 0 bridgehead atoms. The fourth-order valence-corrected chi connectivity index (χ4v) is 2.83. The van der Waals surface area contributed by atoms with Crippen LogP contribution in [-0.2, 0) is 29.2 Å². The highest BCUT2D eigenvalue weighted by molar-refractivity contribution is 7.89. The van der Waals surface area contributed by atoms with E-state index in [-0.39, 0.29) is 23.6 Å². The maximum atomic E-state index is 12.6. The van der Waals surface area contributed by atoms with Crippen LogP contribution < -0.4 is 4.72 Å². The number of aryl methyl sites for hydroxylation is 1. The van der Waals surface area contributed by atoms with Gasteiger partial charge in [-0.2, -0.15) is 18.3 Å². The number of aromatic nitrogens is 3.